The van der Waals surface area contributed by atoms with E-state index in [0.717, 1.165) is 29.6 Å². The normalized spacial score (nSPS) is 26.2. The number of nitrogens with zero attached hydrogens (tertiary/aromatic N) is 2. The summed E-state index contributed by atoms with van der Waals surface area (Å²) in [5.74, 6) is 12.1. The number of nitrogens with one attached hydrogen (secondary N) is 1. The molecule has 0 aliphatic carbocycles. The zero-order chi connectivity index (χ0) is 21.7. The second kappa shape index (κ2) is 10.1. The Morgan fingerprint density at radius 1 is 1.10 bits per heavy atom. The molecule has 5 atom stereocenters. The third kappa shape index (κ3) is 4.82. The highest BCUT2D eigenvalue weighted by atomic mass is 16.5. The lowest BCUT2D eigenvalue weighted by molar-refractivity contribution is -0.214. The Bertz CT molecular complexity index is 977. The standard InChI is InChI=1S/C22H27N3O5/c1-3-25(4-2)9-5-6-14-10-15(19-16(11-14)12-23-24-19)7-8-17-20(27)22(29)21(28)18(13-26)30-17/h10-12,17-18,20-22,26-29H,3-4,9,13H2,1-2H3,(H,23,24)/t17?,18?,20?,21-,22?/m1/s1. The van der Waals surface area contributed by atoms with Crippen LogP contribution in [0.2, 0.25) is 0 Å². The Morgan fingerprint density at radius 2 is 1.87 bits per heavy atom. The molecule has 8 heteroatoms. The molecule has 5 N–H and O–H groups in total. The van der Waals surface area contributed by atoms with E-state index in [4.69, 9.17) is 4.74 Å². The molecule has 2 aromatic rings. The number of hydrogen-bond acceptors (Lipinski definition) is 7. The molecule has 8 nitrogen and oxygen atoms in total. The monoisotopic (exact) mass is 413 g/mol. The van der Waals surface area contributed by atoms with Gasteiger partial charge >= 0.3 is 0 Å². The molecule has 1 aromatic heterocycles. The Hall–Kier alpha value is -2.43. The summed E-state index contributed by atoms with van der Waals surface area (Å²) in [6, 6.07) is 3.75. The van der Waals surface area contributed by atoms with Crippen LogP contribution in [0.25, 0.3) is 10.9 Å². The van der Waals surface area contributed by atoms with E-state index >= 15 is 0 Å². The molecule has 0 bridgehead atoms. The number of aliphatic hydroxyl groups excluding tert-OH is 4. The molecule has 0 radical (unpaired) electrons. The summed E-state index contributed by atoms with van der Waals surface area (Å²) in [6.07, 6.45) is -4.64. The van der Waals surface area contributed by atoms with Crippen molar-refractivity contribution >= 4 is 10.9 Å². The van der Waals surface area contributed by atoms with Crippen molar-refractivity contribution in [1.29, 1.82) is 0 Å². The minimum atomic E-state index is -1.46. The smallest absolute Gasteiger partial charge is 0.147 e. The van der Waals surface area contributed by atoms with Gasteiger partial charge in [-0.25, -0.2) is 0 Å². The van der Waals surface area contributed by atoms with Crippen molar-refractivity contribution in [1.82, 2.24) is 15.1 Å². The number of hydrogen-bond donors (Lipinski definition) is 5. The minimum Gasteiger partial charge on any atom is -0.394 e. The molecule has 3 rings (SSSR count). The lowest BCUT2D eigenvalue weighted by Crippen LogP contribution is -2.58. The molecule has 4 unspecified atom stereocenters. The first kappa shape index (κ1) is 22.3. The summed E-state index contributed by atoms with van der Waals surface area (Å²) in [5, 5.41) is 47.1. The quantitative estimate of drug-likeness (QED) is 0.427. The molecule has 0 spiro atoms. The van der Waals surface area contributed by atoms with Crippen molar-refractivity contribution in [3.05, 3.63) is 29.5 Å². The lowest BCUT2D eigenvalue weighted by Gasteiger charge is -2.37. The highest BCUT2D eigenvalue weighted by molar-refractivity contribution is 5.85. The van der Waals surface area contributed by atoms with Gasteiger partial charge in [0, 0.05) is 10.9 Å². The van der Waals surface area contributed by atoms with Crippen LogP contribution in [0.1, 0.15) is 25.0 Å². The number of aromatic nitrogens is 2. The zero-order valence-corrected chi connectivity index (χ0v) is 17.0. The minimum absolute atomic E-state index is 0.495. The maximum absolute atomic E-state index is 10.2. The molecule has 1 aliphatic heterocycles. The van der Waals surface area contributed by atoms with E-state index in [2.05, 4.69) is 52.6 Å². The van der Waals surface area contributed by atoms with Gasteiger partial charge in [-0.1, -0.05) is 37.5 Å². The van der Waals surface area contributed by atoms with Crippen molar-refractivity contribution in [3.63, 3.8) is 0 Å². The van der Waals surface area contributed by atoms with Crippen LogP contribution in [0.15, 0.2) is 18.3 Å². The van der Waals surface area contributed by atoms with Crippen LogP contribution in [0.3, 0.4) is 0 Å². The summed E-state index contributed by atoms with van der Waals surface area (Å²) in [7, 11) is 0. The first-order valence-electron chi connectivity index (χ1n) is 9.98. The highest BCUT2D eigenvalue weighted by Crippen LogP contribution is 2.22. The van der Waals surface area contributed by atoms with E-state index in [1.165, 1.54) is 0 Å². The molecular weight excluding hydrogens is 386 g/mol. The SMILES string of the molecule is CCN(CC)CC#Cc1cc(C#CC2OC(CO)[C@@H](O)C(O)C2O)c2[nH]ncc2c1. The van der Waals surface area contributed by atoms with Crippen molar-refractivity contribution in [2.24, 2.45) is 0 Å². The molecule has 0 amide bonds. The van der Waals surface area contributed by atoms with Crippen LogP contribution < -0.4 is 0 Å². The Balaban J connectivity index is 1.88. The number of rotatable bonds is 4. The van der Waals surface area contributed by atoms with Gasteiger partial charge in [0.2, 0.25) is 0 Å². The van der Waals surface area contributed by atoms with Crippen LogP contribution >= 0.6 is 0 Å². The number of ether oxygens (including phenoxy) is 1. The number of H-pyrrole nitrogens is 1. The molecule has 1 saturated heterocycles. The maximum atomic E-state index is 10.2. The highest BCUT2D eigenvalue weighted by Gasteiger charge is 2.42. The Morgan fingerprint density at radius 3 is 2.57 bits per heavy atom. The van der Waals surface area contributed by atoms with Gasteiger partial charge in [-0.3, -0.25) is 10.00 Å². The van der Waals surface area contributed by atoms with Crippen molar-refractivity contribution in [3.8, 4) is 23.7 Å². The fourth-order valence-electron chi connectivity index (χ4n) is 3.30. The topological polar surface area (TPSA) is 122 Å². The summed E-state index contributed by atoms with van der Waals surface area (Å²) < 4.78 is 5.45. The second-order valence-corrected chi connectivity index (χ2v) is 7.14. The lowest BCUT2D eigenvalue weighted by atomic mass is 9.95. The molecular formula is C22H27N3O5. The molecule has 0 saturated carbocycles. The second-order valence-electron chi connectivity index (χ2n) is 7.14. The molecule has 1 aromatic carbocycles. The summed E-state index contributed by atoms with van der Waals surface area (Å²) in [5.41, 5.74) is 2.13. The molecule has 2 heterocycles. The van der Waals surface area contributed by atoms with Gasteiger partial charge in [0.05, 0.1) is 30.4 Å². The van der Waals surface area contributed by atoms with Crippen LogP contribution in [-0.4, -0.2) is 92.3 Å². The Labute approximate surface area is 175 Å². The van der Waals surface area contributed by atoms with E-state index in [1.807, 2.05) is 12.1 Å². The van der Waals surface area contributed by atoms with Gasteiger partial charge in [-0.05, 0) is 25.2 Å². The number of fused-ring (bicyclic) bond motifs is 1. The molecule has 160 valence electrons. The third-order valence-corrected chi connectivity index (χ3v) is 5.22. The average molecular weight is 413 g/mol. The van der Waals surface area contributed by atoms with Gasteiger partial charge < -0.3 is 25.2 Å². The van der Waals surface area contributed by atoms with E-state index in [-0.39, 0.29) is 0 Å². The fourth-order valence-corrected chi connectivity index (χ4v) is 3.30. The van der Waals surface area contributed by atoms with Gasteiger partial charge in [0.25, 0.3) is 0 Å². The van der Waals surface area contributed by atoms with Crippen molar-refractivity contribution < 1.29 is 25.2 Å². The first-order valence-corrected chi connectivity index (χ1v) is 9.98. The Kier molecular flexibility index (Phi) is 7.46. The summed E-state index contributed by atoms with van der Waals surface area (Å²) in [6.45, 7) is 6.22. The van der Waals surface area contributed by atoms with Gasteiger partial charge in [-0.2, -0.15) is 5.10 Å². The van der Waals surface area contributed by atoms with Crippen LogP contribution in [0.5, 0.6) is 0 Å². The van der Waals surface area contributed by atoms with Crippen molar-refractivity contribution in [2.75, 3.05) is 26.2 Å². The number of benzene rings is 1. The predicted octanol–water partition coefficient (Wildman–Crippen LogP) is -0.550. The molecule has 1 fully saturated rings. The summed E-state index contributed by atoms with van der Waals surface area (Å²) in [4.78, 5) is 2.21. The fraction of sp³-hybridized carbons (Fsp3) is 0.500. The van der Waals surface area contributed by atoms with Crippen LogP contribution in [0, 0.1) is 23.7 Å². The zero-order valence-electron chi connectivity index (χ0n) is 17.0. The van der Waals surface area contributed by atoms with Crippen molar-refractivity contribution in [2.45, 2.75) is 44.4 Å². The van der Waals surface area contributed by atoms with Gasteiger partial charge in [0.15, 0.2) is 0 Å². The van der Waals surface area contributed by atoms with Crippen LogP contribution in [0.4, 0.5) is 0 Å². The van der Waals surface area contributed by atoms with Crippen LogP contribution in [-0.2, 0) is 4.74 Å². The molecule has 30 heavy (non-hydrogen) atoms. The van der Waals surface area contributed by atoms with E-state index in [9.17, 15) is 20.4 Å². The van der Waals surface area contributed by atoms with E-state index < -0.39 is 37.1 Å². The van der Waals surface area contributed by atoms with Gasteiger partial charge in [0.1, 0.15) is 30.5 Å². The largest absolute Gasteiger partial charge is 0.394 e. The summed E-state index contributed by atoms with van der Waals surface area (Å²) >= 11 is 0. The molecule has 1 aliphatic rings. The number of aromatic amines is 1. The van der Waals surface area contributed by atoms with E-state index in [0.29, 0.717) is 12.1 Å². The third-order valence-electron chi connectivity index (χ3n) is 5.22. The average Bonchev–Trinajstić information content (AvgIpc) is 3.23. The first-order chi connectivity index (χ1) is 14.5. The number of aliphatic hydroxyl groups is 4. The maximum Gasteiger partial charge on any atom is 0.147 e. The predicted molar refractivity (Wildman–Crippen MR) is 111 cm³/mol. The van der Waals surface area contributed by atoms with E-state index in [1.54, 1.807) is 6.20 Å². The van der Waals surface area contributed by atoms with Gasteiger partial charge in [-0.15, -0.1) is 0 Å².